The van der Waals surface area contributed by atoms with Crippen LogP contribution in [-0.2, 0) is 9.59 Å². The van der Waals surface area contributed by atoms with Gasteiger partial charge in [-0.05, 0) is 46.3 Å². The SMILES string of the molecule is O=C(CN1CCN(C(=O)c2ccc(F)c(F)c2)CC1)NCC(=O)Nc1ccccc1Br. The zero-order valence-electron chi connectivity index (χ0n) is 16.5. The summed E-state index contributed by atoms with van der Waals surface area (Å²) in [6.45, 7) is 1.55. The van der Waals surface area contributed by atoms with E-state index >= 15 is 0 Å². The van der Waals surface area contributed by atoms with Crippen LogP contribution in [0.3, 0.4) is 0 Å². The Hall–Kier alpha value is -2.85. The van der Waals surface area contributed by atoms with E-state index in [1.165, 1.54) is 11.0 Å². The van der Waals surface area contributed by atoms with Crippen molar-refractivity contribution in [2.75, 3.05) is 44.6 Å². The first-order valence-electron chi connectivity index (χ1n) is 9.61. The Bertz CT molecular complexity index is 981. The van der Waals surface area contributed by atoms with Crippen molar-refractivity contribution >= 4 is 39.3 Å². The van der Waals surface area contributed by atoms with Crippen LogP contribution in [0.2, 0.25) is 0 Å². The number of halogens is 3. The minimum Gasteiger partial charge on any atom is -0.346 e. The molecule has 0 atom stereocenters. The number of hydrogen-bond acceptors (Lipinski definition) is 4. The van der Waals surface area contributed by atoms with Gasteiger partial charge in [0, 0.05) is 36.2 Å². The van der Waals surface area contributed by atoms with Crippen molar-refractivity contribution in [3.8, 4) is 0 Å². The molecule has 31 heavy (non-hydrogen) atoms. The van der Waals surface area contributed by atoms with Gasteiger partial charge >= 0.3 is 0 Å². The van der Waals surface area contributed by atoms with Crippen molar-refractivity contribution < 1.29 is 23.2 Å². The second kappa shape index (κ2) is 10.5. The summed E-state index contributed by atoms with van der Waals surface area (Å²) in [5.41, 5.74) is 0.699. The number of carbonyl (C=O) groups is 3. The molecule has 3 amide bonds. The summed E-state index contributed by atoms with van der Waals surface area (Å²) in [5, 5.41) is 5.28. The summed E-state index contributed by atoms with van der Waals surface area (Å²) in [6, 6.07) is 10.2. The molecule has 3 rings (SSSR count). The smallest absolute Gasteiger partial charge is 0.254 e. The van der Waals surface area contributed by atoms with Crippen molar-refractivity contribution in [2.45, 2.75) is 0 Å². The zero-order valence-corrected chi connectivity index (χ0v) is 18.1. The van der Waals surface area contributed by atoms with Gasteiger partial charge in [0.05, 0.1) is 18.8 Å². The minimum absolute atomic E-state index is 0.0844. The first-order valence-corrected chi connectivity index (χ1v) is 10.4. The molecular formula is C21H21BrF2N4O3. The Labute approximate surface area is 186 Å². The Morgan fingerprint density at radius 1 is 0.935 bits per heavy atom. The molecule has 2 N–H and O–H groups in total. The molecule has 0 radical (unpaired) electrons. The molecule has 0 saturated carbocycles. The van der Waals surface area contributed by atoms with Gasteiger partial charge < -0.3 is 15.5 Å². The summed E-state index contributed by atoms with van der Waals surface area (Å²) >= 11 is 3.34. The molecule has 7 nitrogen and oxygen atoms in total. The van der Waals surface area contributed by atoms with Crippen LogP contribution in [0.15, 0.2) is 46.9 Å². The number of rotatable bonds is 6. The maximum atomic E-state index is 13.4. The molecule has 0 unspecified atom stereocenters. The fourth-order valence-corrected chi connectivity index (χ4v) is 3.50. The average molecular weight is 495 g/mol. The van der Waals surface area contributed by atoms with Crippen molar-refractivity contribution in [1.82, 2.24) is 15.1 Å². The first kappa shape index (κ1) is 22.8. The molecule has 1 heterocycles. The lowest BCUT2D eigenvalue weighted by atomic mass is 10.1. The van der Waals surface area contributed by atoms with E-state index in [4.69, 9.17) is 0 Å². The Morgan fingerprint density at radius 2 is 1.65 bits per heavy atom. The van der Waals surface area contributed by atoms with Gasteiger partial charge in [-0.3, -0.25) is 19.3 Å². The molecule has 10 heteroatoms. The second-order valence-corrected chi connectivity index (χ2v) is 7.86. The molecule has 0 spiro atoms. The highest BCUT2D eigenvalue weighted by Crippen LogP contribution is 2.20. The molecule has 0 aromatic heterocycles. The van der Waals surface area contributed by atoms with Crippen LogP contribution in [0.4, 0.5) is 14.5 Å². The van der Waals surface area contributed by atoms with Crippen LogP contribution < -0.4 is 10.6 Å². The summed E-state index contributed by atoms with van der Waals surface area (Å²) in [5.74, 6) is -3.10. The summed E-state index contributed by atoms with van der Waals surface area (Å²) in [6.07, 6.45) is 0. The normalized spacial score (nSPS) is 14.2. The number of benzene rings is 2. The fraction of sp³-hybridized carbons (Fsp3) is 0.286. The van der Waals surface area contributed by atoms with E-state index in [-0.39, 0.29) is 36.4 Å². The van der Waals surface area contributed by atoms with Crippen molar-refractivity contribution in [2.24, 2.45) is 0 Å². The molecule has 164 valence electrons. The summed E-state index contributed by atoms with van der Waals surface area (Å²) in [7, 11) is 0. The third kappa shape index (κ3) is 6.31. The van der Waals surface area contributed by atoms with E-state index < -0.39 is 11.6 Å². The monoisotopic (exact) mass is 494 g/mol. The molecule has 1 aliphatic rings. The minimum atomic E-state index is -1.06. The highest BCUT2D eigenvalue weighted by molar-refractivity contribution is 9.10. The van der Waals surface area contributed by atoms with Crippen molar-refractivity contribution in [3.05, 3.63) is 64.1 Å². The van der Waals surface area contributed by atoms with Crippen LogP contribution in [0.25, 0.3) is 0 Å². The van der Waals surface area contributed by atoms with E-state index in [0.29, 0.717) is 31.9 Å². The lowest BCUT2D eigenvalue weighted by Crippen LogP contribution is -2.51. The number of amides is 3. The van der Waals surface area contributed by atoms with E-state index in [1.54, 1.807) is 18.2 Å². The predicted molar refractivity (Wildman–Crippen MR) is 114 cm³/mol. The molecule has 2 aromatic rings. The fourth-order valence-electron chi connectivity index (χ4n) is 3.12. The maximum Gasteiger partial charge on any atom is 0.254 e. The van der Waals surface area contributed by atoms with E-state index in [9.17, 15) is 23.2 Å². The third-order valence-corrected chi connectivity index (χ3v) is 5.48. The number of para-hydroxylation sites is 1. The number of anilines is 1. The van der Waals surface area contributed by atoms with Gasteiger partial charge in [-0.25, -0.2) is 8.78 Å². The topological polar surface area (TPSA) is 81.8 Å². The Kier molecular flexibility index (Phi) is 7.69. The molecule has 0 bridgehead atoms. The quantitative estimate of drug-likeness (QED) is 0.645. The Balaban J connectivity index is 1.40. The van der Waals surface area contributed by atoms with Crippen LogP contribution in [0.5, 0.6) is 0 Å². The summed E-state index contributed by atoms with van der Waals surface area (Å²) in [4.78, 5) is 40.0. The van der Waals surface area contributed by atoms with E-state index in [2.05, 4.69) is 26.6 Å². The van der Waals surface area contributed by atoms with Gasteiger partial charge in [0.15, 0.2) is 11.6 Å². The van der Waals surface area contributed by atoms with E-state index in [0.717, 1.165) is 16.6 Å². The first-order chi connectivity index (χ1) is 14.8. The highest BCUT2D eigenvalue weighted by Gasteiger charge is 2.24. The molecule has 1 fully saturated rings. The van der Waals surface area contributed by atoms with Crippen LogP contribution in [-0.4, -0.2) is 66.8 Å². The molecule has 2 aromatic carbocycles. The van der Waals surface area contributed by atoms with Gasteiger partial charge in [0.2, 0.25) is 11.8 Å². The average Bonchev–Trinajstić information content (AvgIpc) is 2.76. The number of nitrogens with zero attached hydrogens (tertiary/aromatic N) is 2. The molecular weight excluding hydrogens is 474 g/mol. The largest absolute Gasteiger partial charge is 0.346 e. The van der Waals surface area contributed by atoms with E-state index in [1.807, 2.05) is 11.0 Å². The zero-order chi connectivity index (χ0) is 22.4. The maximum absolute atomic E-state index is 13.4. The van der Waals surface area contributed by atoms with Gasteiger partial charge in [-0.1, -0.05) is 12.1 Å². The summed E-state index contributed by atoms with van der Waals surface area (Å²) < 4.78 is 27.1. The van der Waals surface area contributed by atoms with Crippen LogP contribution in [0.1, 0.15) is 10.4 Å². The molecule has 1 saturated heterocycles. The van der Waals surface area contributed by atoms with Crippen LogP contribution >= 0.6 is 15.9 Å². The number of hydrogen-bond donors (Lipinski definition) is 2. The third-order valence-electron chi connectivity index (χ3n) is 4.79. The van der Waals surface area contributed by atoms with Crippen molar-refractivity contribution in [1.29, 1.82) is 0 Å². The van der Waals surface area contributed by atoms with Gasteiger partial charge in [0.25, 0.3) is 5.91 Å². The number of carbonyl (C=O) groups excluding carboxylic acids is 3. The molecule has 0 aliphatic carbocycles. The predicted octanol–water partition coefficient (Wildman–Crippen LogP) is 2.24. The number of nitrogens with one attached hydrogen (secondary N) is 2. The van der Waals surface area contributed by atoms with Gasteiger partial charge in [0.1, 0.15) is 0 Å². The van der Waals surface area contributed by atoms with Crippen molar-refractivity contribution in [3.63, 3.8) is 0 Å². The Morgan fingerprint density at radius 3 is 2.32 bits per heavy atom. The standard InChI is InChI=1S/C21H21BrF2N4O3/c22-15-3-1-2-4-18(15)26-19(29)12-25-20(30)13-27-7-9-28(10-8-27)21(31)14-5-6-16(23)17(24)11-14/h1-6,11H,7-10,12-13H2,(H,25,30)(H,26,29). The van der Waals surface area contributed by atoms with Crippen LogP contribution in [0, 0.1) is 11.6 Å². The highest BCUT2D eigenvalue weighted by atomic mass is 79.9. The lowest BCUT2D eigenvalue weighted by Gasteiger charge is -2.34. The van der Waals surface area contributed by atoms with Gasteiger partial charge in [-0.15, -0.1) is 0 Å². The second-order valence-electron chi connectivity index (χ2n) is 7.00. The molecule has 1 aliphatic heterocycles. The van der Waals surface area contributed by atoms with Gasteiger partial charge in [-0.2, -0.15) is 0 Å². The lowest BCUT2D eigenvalue weighted by molar-refractivity contribution is -0.125. The number of piperazine rings is 1.